The van der Waals surface area contributed by atoms with Crippen molar-refractivity contribution in [3.05, 3.63) is 58.9 Å². The second-order valence-corrected chi connectivity index (χ2v) is 8.77. The summed E-state index contributed by atoms with van der Waals surface area (Å²) in [6, 6.07) is 14.2. The van der Waals surface area contributed by atoms with Crippen LogP contribution in [0, 0.1) is 12.3 Å². The maximum atomic E-state index is 12.3. The maximum absolute atomic E-state index is 12.3. The third kappa shape index (κ3) is 3.93. The van der Waals surface area contributed by atoms with Crippen LogP contribution in [0.2, 0.25) is 0 Å². The Labute approximate surface area is 155 Å². The summed E-state index contributed by atoms with van der Waals surface area (Å²) in [4.78, 5) is 17.2. The zero-order chi connectivity index (χ0) is 18.7. The molecule has 0 aliphatic heterocycles. The summed E-state index contributed by atoms with van der Waals surface area (Å²) < 4.78 is 26.0. The Morgan fingerprint density at radius 3 is 2.62 bits per heavy atom. The van der Waals surface area contributed by atoms with E-state index in [1.165, 1.54) is 17.4 Å². The van der Waals surface area contributed by atoms with Crippen molar-refractivity contribution < 1.29 is 13.2 Å². The van der Waals surface area contributed by atoms with E-state index in [1.54, 1.807) is 16.7 Å². The summed E-state index contributed by atoms with van der Waals surface area (Å²) in [7, 11) is -3.31. The second-order valence-electron chi connectivity index (χ2n) is 5.74. The third-order valence-corrected chi connectivity index (χ3v) is 5.90. The predicted molar refractivity (Wildman–Crippen MR) is 102 cm³/mol. The number of nitrogens with zero attached hydrogens (tertiary/aromatic N) is 2. The van der Waals surface area contributed by atoms with Gasteiger partial charge in [0.15, 0.2) is 14.6 Å². The van der Waals surface area contributed by atoms with Crippen LogP contribution in [0.5, 0.6) is 0 Å². The summed E-state index contributed by atoms with van der Waals surface area (Å²) in [5.41, 5.74) is 1.64. The first-order valence-corrected chi connectivity index (χ1v) is 10.5. The summed E-state index contributed by atoms with van der Waals surface area (Å²) in [6.07, 6.45) is 6.80. The average Bonchev–Trinajstić information content (AvgIpc) is 2.92. The topological polar surface area (TPSA) is 68.5 Å². The third-order valence-electron chi connectivity index (χ3n) is 3.75. The minimum atomic E-state index is -3.31. The van der Waals surface area contributed by atoms with Gasteiger partial charge in [0.1, 0.15) is 0 Å². The average molecular weight is 384 g/mol. The molecular weight excluding hydrogens is 368 g/mol. The van der Waals surface area contributed by atoms with Crippen LogP contribution in [0.25, 0.3) is 10.2 Å². The molecule has 1 aromatic heterocycles. The van der Waals surface area contributed by atoms with E-state index >= 15 is 0 Å². The van der Waals surface area contributed by atoms with Gasteiger partial charge < -0.3 is 4.57 Å². The molecule has 0 aliphatic carbocycles. The van der Waals surface area contributed by atoms with E-state index < -0.39 is 9.84 Å². The quantitative estimate of drug-likeness (QED) is 0.649. The molecule has 1 amide bonds. The number of carbonyl (C=O) groups is 1. The van der Waals surface area contributed by atoms with Gasteiger partial charge in [0.2, 0.25) is 0 Å². The molecule has 0 fully saturated rings. The van der Waals surface area contributed by atoms with Crippen LogP contribution >= 0.6 is 11.3 Å². The van der Waals surface area contributed by atoms with Crippen LogP contribution in [0.3, 0.4) is 0 Å². The number of terminal acetylenes is 1. The highest BCUT2D eigenvalue weighted by Gasteiger charge is 2.12. The number of aromatic nitrogens is 1. The Bertz CT molecular complexity index is 1180. The largest absolute Gasteiger partial charge is 0.305 e. The van der Waals surface area contributed by atoms with E-state index in [9.17, 15) is 13.2 Å². The van der Waals surface area contributed by atoms with Crippen LogP contribution in [-0.4, -0.2) is 25.1 Å². The lowest BCUT2D eigenvalue weighted by Gasteiger charge is -2.01. The van der Waals surface area contributed by atoms with E-state index in [0.29, 0.717) is 4.80 Å². The molecule has 0 N–H and O–H groups in total. The number of thiazole rings is 1. The molecular formula is C19H16N2O3S2. The summed E-state index contributed by atoms with van der Waals surface area (Å²) in [5.74, 6) is 2.27. The molecule has 0 saturated heterocycles. The molecule has 3 aromatic rings. The number of carbonyl (C=O) groups excluding carboxylic acids is 1. The van der Waals surface area contributed by atoms with Gasteiger partial charge >= 0.3 is 0 Å². The van der Waals surface area contributed by atoms with Crippen LogP contribution in [0.4, 0.5) is 0 Å². The monoisotopic (exact) mass is 384 g/mol. The normalized spacial score (nSPS) is 12.2. The molecule has 0 aliphatic rings. The fourth-order valence-corrected chi connectivity index (χ4v) is 4.34. The first-order valence-electron chi connectivity index (χ1n) is 7.77. The summed E-state index contributed by atoms with van der Waals surface area (Å²) in [5, 5.41) is 0. The Morgan fingerprint density at radius 2 is 1.96 bits per heavy atom. The Kier molecular flexibility index (Phi) is 5.07. The maximum Gasteiger partial charge on any atom is 0.252 e. The van der Waals surface area contributed by atoms with Crippen LogP contribution in [-0.2, 0) is 27.6 Å². The fourth-order valence-electron chi connectivity index (χ4n) is 2.53. The van der Waals surface area contributed by atoms with Gasteiger partial charge in [-0.15, -0.1) is 6.42 Å². The fraction of sp³-hybridized carbons (Fsp3) is 0.158. The molecule has 0 saturated carbocycles. The molecule has 5 nitrogen and oxygen atoms in total. The number of sulfone groups is 1. The van der Waals surface area contributed by atoms with Gasteiger partial charge in [-0.3, -0.25) is 4.79 Å². The molecule has 7 heteroatoms. The van der Waals surface area contributed by atoms with Crippen LogP contribution < -0.4 is 4.80 Å². The molecule has 0 spiro atoms. The van der Waals surface area contributed by atoms with Crippen molar-refractivity contribution in [3.8, 4) is 12.3 Å². The number of rotatable bonds is 4. The van der Waals surface area contributed by atoms with Crippen molar-refractivity contribution in [1.29, 1.82) is 0 Å². The molecule has 1 heterocycles. The molecule has 3 rings (SSSR count). The minimum Gasteiger partial charge on any atom is -0.305 e. The first-order chi connectivity index (χ1) is 12.4. The molecule has 0 unspecified atom stereocenters. The van der Waals surface area contributed by atoms with Crippen molar-refractivity contribution >= 4 is 37.3 Å². The molecule has 0 bridgehead atoms. The summed E-state index contributed by atoms with van der Waals surface area (Å²) in [6.45, 7) is 0.246. The second kappa shape index (κ2) is 7.28. The summed E-state index contributed by atoms with van der Waals surface area (Å²) >= 11 is 1.25. The van der Waals surface area contributed by atoms with Crippen molar-refractivity contribution in [1.82, 2.24) is 4.57 Å². The van der Waals surface area contributed by atoms with E-state index in [2.05, 4.69) is 10.9 Å². The number of hydrogen-bond acceptors (Lipinski definition) is 4. The van der Waals surface area contributed by atoms with Crippen LogP contribution in [0.15, 0.2) is 58.4 Å². The highest BCUT2D eigenvalue weighted by molar-refractivity contribution is 7.90. The Balaban J connectivity index is 2.08. The highest BCUT2D eigenvalue weighted by atomic mass is 32.2. The Morgan fingerprint density at radius 1 is 1.23 bits per heavy atom. The zero-order valence-electron chi connectivity index (χ0n) is 14.0. The van der Waals surface area contributed by atoms with E-state index in [0.717, 1.165) is 22.0 Å². The Hall–Kier alpha value is -2.69. The van der Waals surface area contributed by atoms with E-state index in [4.69, 9.17) is 6.42 Å². The molecule has 2 aromatic carbocycles. The molecule has 26 heavy (non-hydrogen) atoms. The molecule has 132 valence electrons. The van der Waals surface area contributed by atoms with Gasteiger partial charge in [-0.2, -0.15) is 4.99 Å². The number of amides is 1. The van der Waals surface area contributed by atoms with Gasteiger partial charge in [-0.1, -0.05) is 47.6 Å². The van der Waals surface area contributed by atoms with Crippen molar-refractivity contribution in [2.75, 3.05) is 6.26 Å². The SMILES string of the molecule is C#CCn1c(=NC(=O)Cc2ccccc2)sc2cc(S(C)(=O)=O)ccc21. The standard InChI is InChI=1S/C19H16N2O3S2/c1-3-11-21-16-10-9-15(26(2,23)24)13-17(16)25-19(21)20-18(22)12-14-7-5-4-6-8-14/h1,4-10,13H,11-12H2,2H3. The minimum absolute atomic E-state index is 0.194. The number of benzene rings is 2. The van der Waals surface area contributed by atoms with Crippen molar-refractivity contribution in [2.24, 2.45) is 4.99 Å². The van der Waals surface area contributed by atoms with Gasteiger partial charge in [0.25, 0.3) is 5.91 Å². The highest BCUT2D eigenvalue weighted by Crippen LogP contribution is 2.21. The van der Waals surface area contributed by atoms with Crippen molar-refractivity contribution in [2.45, 2.75) is 17.9 Å². The van der Waals surface area contributed by atoms with Crippen LogP contribution in [0.1, 0.15) is 5.56 Å². The zero-order valence-corrected chi connectivity index (χ0v) is 15.7. The van der Waals surface area contributed by atoms with Gasteiger partial charge in [-0.05, 0) is 23.8 Å². The van der Waals surface area contributed by atoms with Gasteiger partial charge in [0, 0.05) is 6.26 Å². The van der Waals surface area contributed by atoms with Gasteiger partial charge in [0.05, 0.1) is 28.1 Å². The van der Waals surface area contributed by atoms with Crippen molar-refractivity contribution in [3.63, 3.8) is 0 Å². The lowest BCUT2D eigenvalue weighted by molar-refractivity contribution is -0.117. The van der Waals surface area contributed by atoms with E-state index in [-0.39, 0.29) is 23.8 Å². The predicted octanol–water partition coefficient (Wildman–Crippen LogP) is 2.41. The lowest BCUT2D eigenvalue weighted by atomic mass is 10.1. The number of hydrogen-bond donors (Lipinski definition) is 0. The van der Waals surface area contributed by atoms with E-state index in [1.807, 2.05) is 30.3 Å². The molecule has 0 radical (unpaired) electrons. The smallest absolute Gasteiger partial charge is 0.252 e. The number of fused-ring (bicyclic) bond motifs is 1. The molecule has 0 atom stereocenters. The first kappa shape index (κ1) is 18.1. The lowest BCUT2D eigenvalue weighted by Crippen LogP contribution is -2.17. The van der Waals surface area contributed by atoms with Gasteiger partial charge in [-0.25, -0.2) is 8.42 Å².